The van der Waals surface area contributed by atoms with E-state index < -0.39 is 0 Å². The van der Waals surface area contributed by atoms with Gasteiger partial charge >= 0.3 is 0 Å². The summed E-state index contributed by atoms with van der Waals surface area (Å²) in [5.74, 6) is 0. The summed E-state index contributed by atoms with van der Waals surface area (Å²) in [6, 6.07) is 26.3. The molecule has 5 rings (SSSR count). The monoisotopic (exact) mass is 382 g/mol. The standard InChI is InChI=1S/C25H26N4/c1-19-17-29(22-10-3-2-4-11-22)15-14-28(19)18-21-16-26-27-25(21)24-13-7-9-20-8-5-6-12-23(20)24/h2-13,16,19H,14-15,17-18H2,1H3,(H,26,27)/t19-/m1/s1. The Morgan fingerprint density at radius 3 is 2.59 bits per heavy atom. The van der Waals surface area contributed by atoms with E-state index in [2.05, 4.69) is 99.7 Å². The van der Waals surface area contributed by atoms with Crippen molar-refractivity contribution in [3.63, 3.8) is 0 Å². The van der Waals surface area contributed by atoms with Gasteiger partial charge in [-0.3, -0.25) is 10.00 Å². The molecule has 0 unspecified atom stereocenters. The minimum absolute atomic E-state index is 0.485. The first-order chi connectivity index (χ1) is 14.3. The Hall–Kier alpha value is -3.11. The number of benzene rings is 3. The van der Waals surface area contributed by atoms with Gasteiger partial charge in [-0.1, -0.05) is 60.7 Å². The fourth-order valence-corrected chi connectivity index (χ4v) is 4.43. The van der Waals surface area contributed by atoms with Gasteiger partial charge in [0.2, 0.25) is 0 Å². The van der Waals surface area contributed by atoms with Crippen LogP contribution in [0.15, 0.2) is 79.0 Å². The van der Waals surface area contributed by atoms with Gasteiger partial charge in [-0.25, -0.2) is 0 Å². The van der Waals surface area contributed by atoms with Gasteiger partial charge in [0.15, 0.2) is 0 Å². The lowest BCUT2D eigenvalue weighted by atomic mass is 9.99. The molecule has 1 atom stereocenters. The van der Waals surface area contributed by atoms with E-state index in [9.17, 15) is 0 Å². The van der Waals surface area contributed by atoms with Gasteiger partial charge in [0.25, 0.3) is 0 Å². The highest BCUT2D eigenvalue weighted by molar-refractivity contribution is 5.96. The zero-order valence-corrected chi connectivity index (χ0v) is 16.8. The molecular weight excluding hydrogens is 356 g/mol. The number of H-pyrrole nitrogens is 1. The number of hydrogen-bond acceptors (Lipinski definition) is 3. The van der Waals surface area contributed by atoms with Gasteiger partial charge in [0.1, 0.15) is 0 Å². The number of para-hydroxylation sites is 1. The molecule has 4 aromatic rings. The number of fused-ring (bicyclic) bond motifs is 1. The first kappa shape index (κ1) is 18.0. The Kier molecular flexibility index (Phi) is 4.78. The van der Waals surface area contributed by atoms with Crippen LogP contribution in [0.25, 0.3) is 22.0 Å². The number of piperazine rings is 1. The largest absolute Gasteiger partial charge is 0.369 e. The SMILES string of the molecule is C[C@@H]1CN(c2ccccc2)CCN1Cc1cn[nH]c1-c1cccc2ccccc12. The second-order valence-corrected chi connectivity index (χ2v) is 7.90. The number of aromatic amines is 1. The molecule has 1 saturated heterocycles. The second kappa shape index (κ2) is 7.72. The molecule has 3 aromatic carbocycles. The van der Waals surface area contributed by atoms with Crippen LogP contribution >= 0.6 is 0 Å². The zero-order chi connectivity index (χ0) is 19.6. The van der Waals surface area contributed by atoms with Crippen LogP contribution in [0.5, 0.6) is 0 Å². The lowest BCUT2D eigenvalue weighted by Gasteiger charge is -2.41. The molecule has 2 heterocycles. The average Bonchev–Trinajstić information content (AvgIpc) is 3.23. The fraction of sp³-hybridized carbons (Fsp3) is 0.240. The summed E-state index contributed by atoms with van der Waals surface area (Å²) in [5, 5.41) is 10.2. The molecule has 0 saturated carbocycles. The number of hydrogen-bond donors (Lipinski definition) is 1. The molecular formula is C25H26N4. The van der Waals surface area contributed by atoms with Gasteiger partial charge in [0, 0.05) is 49.0 Å². The van der Waals surface area contributed by atoms with Crippen LogP contribution in [0, 0.1) is 0 Å². The Balaban J connectivity index is 1.37. The number of rotatable bonds is 4. The summed E-state index contributed by atoms with van der Waals surface area (Å²) in [6.45, 7) is 6.39. The highest BCUT2D eigenvalue weighted by Crippen LogP contribution is 2.30. The molecule has 0 aliphatic carbocycles. The van der Waals surface area contributed by atoms with Crippen molar-refractivity contribution in [2.75, 3.05) is 24.5 Å². The third-order valence-electron chi connectivity index (χ3n) is 6.04. The minimum Gasteiger partial charge on any atom is -0.369 e. The molecule has 4 nitrogen and oxygen atoms in total. The van der Waals surface area contributed by atoms with E-state index in [1.165, 1.54) is 27.6 Å². The van der Waals surface area contributed by atoms with Crippen molar-refractivity contribution in [1.29, 1.82) is 0 Å². The first-order valence-electron chi connectivity index (χ1n) is 10.3. The number of nitrogens with zero attached hydrogens (tertiary/aromatic N) is 3. The molecule has 1 N–H and O–H groups in total. The van der Waals surface area contributed by atoms with E-state index in [0.717, 1.165) is 31.9 Å². The molecule has 0 radical (unpaired) electrons. The lowest BCUT2D eigenvalue weighted by molar-refractivity contribution is 0.181. The molecule has 0 bridgehead atoms. The number of anilines is 1. The van der Waals surface area contributed by atoms with Crippen LogP contribution in [-0.4, -0.2) is 40.8 Å². The molecule has 1 fully saturated rings. The van der Waals surface area contributed by atoms with Gasteiger partial charge < -0.3 is 4.90 Å². The van der Waals surface area contributed by atoms with E-state index >= 15 is 0 Å². The van der Waals surface area contributed by atoms with E-state index in [0.29, 0.717) is 6.04 Å². The van der Waals surface area contributed by atoms with E-state index in [4.69, 9.17) is 0 Å². The zero-order valence-electron chi connectivity index (χ0n) is 16.8. The molecule has 0 amide bonds. The van der Waals surface area contributed by atoms with Crippen molar-refractivity contribution in [2.45, 2.75) is 19.5 Å². The maximum Gasteiger partial charge on any atom is 0.0701 e. The van der Waals surface area contributed by atoms with Crippen molar-refractivity contribution in [3.8, 4) is 11.3 Å². The smallest absolute Gasteiger partial charge is 0.0701 e. The van der Waals surface area contributed by atoms with Gasteiger partial charge in [-0.2, -0.15) is 5.10 Å². The molecule has 1 aliphatic heterocycles. The number of aromatic nitrogens is 2. The summed E-state index contributed by atoms with van der Waals surface area (Å²) in [5.41, 5.74) is 4.95. The van der Waals surface area contributed by atoms with Crippen LogP contribution in [0.4, 0.5) is 5.69 Å². The third-order valence-corrected chi connectivity index (χ3v) is 6.04. The summed E-state index contributed by atoms with van der Waals surface area (Å²) < 4.78 is 0. The Labute approximate surface area is 171 Å². The third kappa shape index (κ3) is 3.52. The summed E-state index contributed by atoms with van der Waals surface area (Å²) in [7, 11) is 0. The van der Waals surface area contributed by atoms with Crippen LogP contribution in [0.2, 0.25) is 0 Å². The van der Waals surface area contributed by atoms with Crippen molar-refractivity contribution in [1.82, 2.24) is 15.1 Å². The normalized spacial score (nSPS) is 17.7. The molecule has 1 aromatic heterocycles. The molecule has 0 spiro atoms. The van der Waals surface area contributed by atoms with Crippen LogP contribution in [-0.2, 0) is 6.54 Å². The van der Waals surface area contributed by atoms with E-state index in [1.54, 1.807) is 0 Å². The summed E-state index contributed by atoms with van der Waals surface area (Å²) in [6.07, 6.45) is 1.99. The predicted molar refractivity (Wildman–Crippen MR) is 120 cm³/mol. The maximum atomic E-state index is 4.40. The van der Waals surface area contributed by atoms with Crippen molar-refractivity contribution >= 4 is 16.5 Å². The highest BCUT2D eigenvalue weighted by Gasteiger charge is 2.25. The second-order valence-electron chi connectivity index (χ2n) is 7.90. The van der Waals surface area contributed by atoms with Crippen molar-refractivity contribution < 1.29 is 0 Å². The van der Waals surface area contributed by atoms with Crippen LogP contribution in [0.3, 0.4) is 0 Å². The Morgan fingerprint density at radius 2 is 1.72 bits per heavy atom. The van der Waals surface area contributed by atoms with Gasteiger partial charge in [0.05, 0.1) is 11.9 Å². The Morgan fingerprint density at radius 1 is 0.931 bits per heavy atom. The van der Waals surface area contributed by atoms with E-state index in [1.807, 2.05) is 6.20 Å². The minimum atomic E-state index is 0.485. The fourth-order valence-electron chi connectivity index (χ4n) is 4.43. The lowest BCUT2D eigenvalue weighted by Crippen LogP contribution is -2.51. The average molecular weight is 383 g/mol. The summed E-state index contributed by atoms with van der Waals surface area (Å²) >= 11 is 0. The summed E-state index contributed by atoms with van der Waals surface area (Å²) in [4.78, 5) is 5.06. The maximum absolute atomic E-state index is 4.40. The van der Waals surface area contributed by atoms with Gasteiger partial charge in [-0.15, -0.1) is 0 Å². The molecule has 4 heteroatoms. The highest BCUT2D eigenvalue weighted by atomic mass is 15.3. The number of nitrogens with one attached hydrogen (secondary N) is 1. The molecule has 146 valence electrons. The van der Waals surface area contributed by atoms with Crippen LogP contribution < -0.4 is 4.90 Å². The first-order valence-corrected chi connectivity index (χ1v) is 10.3. The van der Waals surface area contributed by atoms with E-state index in [-0.39, 0.29) is 0 Å². The van der Waals surface area contributed by atoms with Gasteiger partial charge in [-0.05, 0) is 29.8 Å². The Bertz CT molecular complexity index is 1100. The van der Waals surface area contributed by atoms with Crippen molar-refractivity contribution in [3.05, 3.63) is 84.6 Å². The quantitative estimate of drug-likeness (QED) is 0.543. The van der Waals surface area contributed by atoms with Crippen molar-refractivity contribution in [2.24, 2.45) is 0 Å². The molecule has 1 aliphatic rings. The predicted octanol–water partition coefficient (Wildman–Crippen LogP) is 4.94. The van der Waals surface area contributed by atoms with Crippen LogP contribution in [0.1, 0.15) is 12.5 Å². The molecule has 29 heavy (non-hydrogen) atoms. The topological polar surface area (TPSA) is 35.2 Å².